The molecule has 1 fully saturated rings. The van der Waals surface area contributed by atoms with Gasteiger partial charge < -0.3 is 15.4 Å². The molecule has 6 nitrogen and oxygen atoms in total. The SMILES string of the molecule is CCOc1ccccc1Nc1cc(C(=O)NC2CCCCCC2)nc(C)n1. The molecule has 27 heavy (non-hydrogen) atoms. The monoisotopic (exact) mass is 368 g/mol. The lowest BCUT2D eigenvalue weighted by Gasteiger charge is -2.16. The Morgan fingerprint density at radius 2 is 1.89 bits per heavy atom. The second-order valence-corrected chi connectivity index (χ2v) is 6.90. The third-order valence-corrected chi connectivity index (χ3v) is 4.71. The van der Waals surface area contributed by atoms with Gasteiger partial charge in [0.05, 0.1) is 12.3 Å². The van der Waals surface area contributed by atoms with Crippen molar-refractivity contribution in [1.82, 2.24) is 15.3 Å². The van der Waals surface area contributed by atoms with Crippen LogP contribution in [0.15, 0.2) is 30.3 Å². The van der Waals surface area contributed by atoms with Gasteiger partial charge >= 0.3 is 0 Å². The van der Waals surface area contributed by atoms with E-state index in [4.69, 9.17) is 4.74 Å². The van der Waals surface area contributed by atoms with Crippen LogP contribution in [0.5, 0.6) is 5.75 Å². The molecular formula is C21H28N4O2. The lowest BCUT2D eigenvalue weighted by Crippen LogP contribution is -2.35. The smallest absolute Gasteiger partial charge is 0.270 e. The van der Waals surface area contributed by atoms with Crippen LogP contribution in [0, 0.1) is 6.92 Å². The average Bonchev–Trinajstić information content (AvgIpc) is 2.92. The first-order valence-electron chi connectivity index (χ1n) is 9.81. The summed E-state index contributed by atoms with van der Waals surface area (Å²) in [6.07, 6.45) is 6.95. The highest BCUT2D eigenvalue weighted by molar-refractivity contribution is 5.93. The van der Waals surface area contributed by atoms with Crippen LogP contribution >= 0.6 is 0 Å². The second kappa shape index (κ2) is 9.35. The maximum Gasteiger partial charge on any atom is 0.270 e. The molecule has 1 heterocycles. The summed E-state index contributed by atoms with van der Waals surface area (Å²) < 4.78 is 5.64. The lowest BCUT2D eigenvalue weighted by molar-refractivity contribution is 0.0928. The number of nitrogens with one attached hydrogen (secondary N) is 2. The molecule has 1 saturated carbocycles. The molecule has 144 valence electrons. The fraction of sp³-hybridized carbons (Fsp3) is 0.476. The number of nitrogens with zero attached hydrogens (tertiary/aromatic N) is 2. The third kappa shape index (κ3) is 5.42. The van der Waals surface area contributed by atoms with Gasteiger partial charge in [-0.25, -0.2) is 9.97 Å². The maximum atomic E-state index is 12.7. The Labute approximate surface area is 160 Å². The van der Waals surface area contributed by atoms with Crippen molar-refractivity contribution in [2.24, 2.45) is 0 Å². The highest BCUT2D eigenvalue weighted by atomic mass is 16.5. The van der Waals surface area contributed by atoms with Gasteiger partial charge in [0.15, 0.2) is 0 Å². The van der Waals surface area contributed by atoms with Crippen LogP contribution in [-0.2, 0) is 0 Å². The van der Waals surface area contributed by atoms with Crippen LogP contribution in [0.3, 0.4) is 0 Å². The molecule has 3 rings (SSSR count). The van der Waals surface area contributed by atoms with Crippen molar-refractivity contribution in [2.75, 3.05) is 11.9 Å². The number of aryl methyl sites for hydroxylation is 1. The summed E-state index contributed by atoms with van der Waals surface area (Å²) in [6.45, 7) is 4.32. The summed E-state index contributed by atoms with van der Waals surface area (Å²) >= 11 is 0. The number of para-hydroxylation sites is 2. The molecule has 1 aromatic heterocycles. The number of carbonyl (C=O) groups is 1. The number of anilines is 2. The molecule has 0 unspecified atom stereocenters. The fourth-order valence-corrected chi connectivity index (χ4v) is 3.42. The number of rotatable bonds is 6. The van der Waals surface area contributed by atoms with Crippen molar-refractivity contribution < 1.29 is 9.53 Å². The van der Waals surface area contributed by atoms with Gasteiger partial charge in [0.2, 0.25) is 0 Å². The first-order chi connectivity index (χ1) is 13.2. The van der Waals surface area contributed by atoms with Gasteiger partial charge in [-0.05, 0) is 38.8 Å². The van der Waals surface area contributed by atoms with E-state index in [2.05, 4.69) is 20.6 Å². The molecule has 0 atom stereocenters. The molecule has 1 aliphatic carbocycles. The Hall–Kier alpha value is -2.63. The Bertz CT molecular complexity index is 771. The minimum absolute atomic E-state index is 0.131. The Morgan fingerprint density at radius 3 is 2.63 bits per heavy atom. The van der Waals surface area contributed by atoms with Gasteiger partial charge in [0.1, 0.15) is 23.1 Å². The van der Waals surface area contributed by atoms with Crippen molar-refractivity contribution in [3.05, 3.63) is 41.9 Å². The van der Waals surface area contributed by atoms with E-state index < -0.39 is 0 Å². The van der Waals surface area contributed by atoms with E-state index in [0.717, 1.165) is 24.3 Å². The fourth-order valence-electron chi connectivity index (χ4n) is 3.42. The van der Waals surface area contributed by atoms with Crippen LogP contribution in [0.4, 0.5) is 11.5 Å². The highest BCUT2D eigenvalue weighted by Crippen LogP contribution is 2.27. The standard InChI is InChI=1S/C21H28N4O2/c1-3-27-19-13-9-8-12-17(19)25-20-14-18(22-15(2)23-20)21(26)24-16-10-6-4-5-7-11-16/h8-9,12-14,16H,3-7,10-11H2,1-2H3,(H,24,26)(H,22,23,25). The predicted molar refractivity (Wildman–Crippen MR) is 107 cm³/mol. The summed E-state index contributed by atoms with van der Waals surface area (Å²) in [6, 6.07) is 9.62. The summed E-state index contributed by atoms with van der Waals surface area (Å²) in [4.78, 5) is 21.4. The highest BCUT2D eigenvalue weighted by Gasteiger charge is 2.18. The van der Waals surface area contributed by atoms with Crippen molar-refractivity contribution >= 4 is 17.4 Å². The van der Waals surface area contributed by atoms with Crippen molar-refractivity contribution in [2.45, 2.75) is 58.4 Å². The molecule has 0 saturated heterocycles. The average molecular weight is 368 g/mol. The molecule has 1 aliphatic rings. The Kier molecular flexibility index (Phi) is 6.63. The van der Waals surface area contributed by atoms with Gasteiger partial charge in [0.25, 0.3) is 5.91 Å². The number of benzene rings is 1. The zero-order valence-electron chi connectivity index (χ0n) is 16.1. The van der Waals surface area contributed by atoms with Crippen LogP contribution in [0.1, 0.15) is 61.8 Å². The van der Waals surface area contributed by atoms with Gasteiger partial charge in [-0.3, -0.25) is 4.79 Å². The Morgan fingerprint density at radius 1 is 1.15 bits per heavy atom. The topological polar surface area (TPSA) is 76.1 Å². The van der Waals surface area contributed by atoms with Crippen LogP contribution in [-0.4, -0.2) is 28.5 Å². The molecule has 0 radical (unpaired) electrons. The molecule has 1 amide bonds. The second-order valence-electron chi connectivity index (χ2n) is 6.90. The van der Waals surface area contributed by atoms with E-state index >= 15 is 0 Å². The number of hydrogen-bond acceptors (Lipinski definition) is 5. The van der Waals surface area contributed by atoms with E-state index in [1.165, 1.54) is 25.7 Å². The minimum atomic E-state index is -0.131. The van der Waals surface area contributed by atoms with E-state index in [9.17, 15) is 4.79 Å². The van der Waals surface area contributed by atoms with Crippen molar-refractivity contribution in [3.63, 3.8) is 0 Å². The van der Waals surface area contributed by atoms with Crippen LogP contribution in [0.2, 0.25) is 0 Å². The van der Waals surface area contributed by atoms with Gasteiger partial charge in [-0.2, -0.15) is 0 Å². The molecule has 1 aromatic carbocycles. The van der Waals surface area contributed by atoms with Crippen LogP contribution in [0.25, 0.3) is 0 Å². The van der Waals surface area contributed by atoms with Gasteiger partial charge in [-0.1, -0.05) is 37.8 Å². The van der Waals surface area contributed by atoms with Crippen LogP contribution < -0.4 is 15.4 Å². The zero-order chi connectivity index (χ0) is 19.1. The van der Waals surface area contributed by atoms with Gasteiger partial charge in [-0.15, -0.1) is 0 Å². The maximum absolute atomic E-state index is 12.7. The number of amides is 1. The molecular weight excluding hydrogens is 340 g/mol. The normalized spacial score (nSPS) is 15.0. The van der Waals surface area contributed by atoms with E-state index in [-0.39, 0.29) is 11.9 Å². The minimum Gasteiger partial charge on any atom is -0.492 e. The summed E-state index contributed by atoms with van der Waals surface area (Å²) in [5, 5.41) is 6.39. The van der Waals surface area contributed by atoms with Crippen molar-refractivity contribution in [3.8, 4) is 5.75 Å². The largest absolute Gasteiger partial charge is 0.492 e. The summed E-state index contributed by atoms with van der Waals surface area (Å²) in [7, 11) is 0. The van der Waals surface area contributed by atoms with E-state index in [1.54, 1.807) is 13.0 Å². The molecule has 0 aliphatic heterocycles. The number of hydrogen-bond donors (Lipinski definition) is 2. The summed E-state index contributed by atoms with van der Waals surface area (Å²) in [5.41, 5.74) is 1.20. The molecule has 2 N–H and O–H groups in total. The molecule has 0 bridgehead atoms. The summed E-state index contributed by atoms with van der Waals surface area (Å²) in [5.74, 6) is 1.76. The molecule has 6 heteroatoms. The van der Waals surface area contributed by atoms with E-state index in [0.29, 0.717) is 23.9 Å². The molecule has 2 aromatic rings. The predicted octanol–water partition coefficient (Wildman–Crippen LogP) is 4.38. The quantitative estimate of drug-likeness (QED) is 0.740. The van der Waals surface area contributed by atoms with E-state index in [1.807, 2.05) is 31.2 Å². The lowest BCUT2D eigenvalue weighted by atomic mass is 10.1. The molecule has 0 spiro atoms. The first-order valence-corrected chi connectivity index (χ1v) is 9.81. The Balaban J connectivity index is 1.75. The van der Waals surface area contributed by atoms with Gasteiger partial charge in [0, 0.05) is 12.1 Å². The number of carbonyl (C=O) groups excluding carboxylic acids is 1. The zero-order valence-corrected chi connectivity index (χ0v) is 16.1. The number of ether oxygens (including phenoxy) is 1. The number of aromatic nitrogens is 2. The first kappa shape index (κ1) is 19.1. The van der Waals surface area contributed by atoms with Crippen molar-refractivity contribution in [1.29, 1.82) is 0 Å². The third-order valence-electron chi connectivity index (χ3n) is 4.71.